The Morgan fingerprint density at radius 3 is 2.44 bits per heavy atom. The molecule has 1 aliphatic heterocycles. The zero-order valence-electron chi connectivity index (χ0n) is 9.36. The van der Waals surface area contributed by atoms with Gasteiger partial charge in [-0.2, -0.15) is 0 Å². The van der Waals surface area contributed by atoms with Crippen molar-refractivity contribution in [3.8, 4) is 5.75 Å². The van der Waals surface area contributed by atoms with Gasteiger partial charge in [-0.05, 0) is 17.7 Å². The average Bonchev–Trinajstić information content (AvgIpc) is 3.10. The van der Waals surface area contributed by atoms with Crippen molar-refractivity contribution in [1.82, 2.24) is 0 Å². The maximum absolute atomic E-state index is 11.5. The van der Waals surface area contributed by atoms with Crippen LogP contribution in [-0.4, -0.2) is 32.4 Å². The quantitative estimate of drug-likeness (QED) is 0.567. The van der Waals surface area contributed by atoms with Gasteiger partial charge in [0.1, 0.15) is 5.75 Å². The van der Waals surface area contributed by atoms with Gasteiger partial charge < -0.3 is 14.2 Å². The molecular weight excluding hydrogens is 208 g/mol. The molecular formula is C12H14O4. The van der Waals surface area contributed by atoms with Crippen LogP contribution < -0.4 is 4.74 Å². The summed E-state index contributed by atoms with van der Waals surface area (Å²) in [6.07, 6.45) is 0.545. The van der Waals surface area contributed by atoms with Crippen LogP contribution in [0.1, 0.15) is 5.56 Å². The standard InChI is InChI=1S/C12H14O4/c1-14-10-5-3-9(4-6-10)7-12(8-16-12)11(13)15-2/h3-6H,7-8H2,1-2H3. The Kier molecular flexibility index (Phi) is 2.83. The minimum Gasteiger partial charge on any atom is -0.497 e. The van der Waals surface area contributed by atoms with Gasteiger partial charge in [-0.15, -0.1) is 0 Å². The minimum atomic E-state index is -0.747. The van der Waals surface area contributed by atoms with Crippen molar-refractivity contribution in [3.05, 3.63) is 29.8 Å². The number of benzene rings is 1. The van der Waals surface area contributed by atoms with Crippen molar-refractivity contribution >= 4 is 5.97 Å². The highest BCUT2D eigenvalue weighted by Gasteiger charge is 2.53. The molecule has 0 radical (unpaired) electrons. The molecule has 0 N–H and O–H groups in total. The third-order valence-corrected chi connectivity index (χ3v) is 2.70. The Bertz CT molecular complexity index is 379. The molecule has 1 aromatic carbocycles. The van der Waals surface area contributed by atoms with Crippen molar-refractivity contribution in [3.63, 3.8) is 0 Å². The molecule has 86 valence electrons. The zero-order valence-corrected chi connectivity index (χ0v) is 9.36. The molecule has 1 atom stereocenters. The van der Waals surface area contributed by atoms with E-state index in [1.165, 1.54) is 7.11 Å². The number of ether oxygens (including phenoxy) is 3. The van der Waals surface area contributed by atoms with Crippen molar-refractivity contribution in [1.29, 1.82) is 0 Å². The van der Waals surface area contributed by atoms with Gasteiger partial charge >= 0.3 is 5.97 Å². The number of carbonyl (C=O) groups excluding carboxylic acids is 1. The van der Waals surface area contributed by atoms with Gasteiger partial charge in [0, 0.05) is 6.42 Å². The van der Waals surface area contributed by atoms with E-state index in [0.29, 0.717) is 13.0 Å². The van der Waals surface area contributed by atoms with E-state index in [9.17, 15) is 4.79 Å². The van der Waals surface area contributed by atoms with Crippen molar-refractivity contribution < 1.29 is 19.0 Å². The fourth-order valence-electron chi connectivity index (χ4n) is 1.64. The molecule has 2 rings (SSSR count). The van der Waals surface area contributed by atoms with Crippen molar-refractivity contribution in [2.75, 3.05) is 20.8 Å². The molecule has 4 nitrogen and oxygen atoms in total. The second-order valence-electron chi connectivity index (χ2n) is 3.80. The summed E-state index contributed by atoms with van der Waals surface area (Å²) in [5, 5.41) is 0. The Morgan fingerprint density at radius 1 is 1.38 bits per heavy atom. The predicted molar refractivity (Wildman–Crippen MR) is 57.4 cm³/mol. The number of epoxide rings is 1. The van der Waals surface area contributed by atoms with Gasteiger partial charge in [-0.3, -0.25) is 0 Å². The Balaban J connectivity index is 2.06. The summed E-state index contributed by atoms with van der Waals surface area (Å²) in [5.41, 5.74) is 0.285. The van der Waals surface area contributed by atoms with E-state index in [-0.39, 0.29) is 5.97 Å². The predicted octanol–water partition coefficient (Wildman–Crippen LogP) is 1.18. The molecule has 1 fully saturated rings. The molecule has 0 saturated carbocycles. The molecule has 1 heterocycles. The first-order valence-electron chi connectivity index (χ1n) is 5.05. The van der Waals surface area contributed by atoms with Gasteiger partial charge in [0.2, 0.25) is 0 Å². The van der Waals surface area contributed by atoms with E-state index in [4.69, 9.17) is 14.2 Å². The smallest absolute Gasteiger partial charge is 0.340 e. The van der Waals surface area contributed by atoms with Crippen LogP contribution in [0.4, 0.5) is 0 Å². The molecule has 0 aliphatic carbocycles. The second kappa shape index (κ2) is 4.14. The van der Waals surface area contributed by atoms with E-state index >= 15 is 0 Å². The molecule has 0 spiro atoms. The highest BCUT2D eigenvalue weighted by Crippen LogP contribution is 2.32. The van der Waals surface area contributed by atoms with Crippen LogP contribution in [-0.2, 0) is 20.7 Å². The maximum Gasteiger partial charge on any atom is 0.340 e. The van der Waals surface area contributed by atoms with Crippen LogP contribution in [0.15, 0.2) is 24.3 Å². The van der Waals surface area contributed by atoms with Crippen LogP contribution in [0.25, 0.3) is 0 Å². The molecule has 16 heavy (non-hydrogen) atoms. The first-order valence-corrected chi connectivity index (χ1v) is 5.05. The number of rotatable bonds is 4. The number of carbonyl (C=O) groups is 1. The zero-order chi connectivity index (χ0) is 11.6. The van der Waals surface area contributed by atoms with Crippen LogP contribution in [0, 0.1) is 0 Å². The Hall–Kier alpha value is -1.55. The van der Waals surface area contributed by atoms with Gasteiger partial charge in [0.15, 0.2) is 5.60 Å². The fourth-order valence-corrected chi connectivity index (χ4v) is 1.64. The lowest BCUT2D eigenvalue weighted by atomic mass is 10.0. The lowest BCUT2D eigenvalue weighted by molar-refractivity contribution is -0.146. The normalized spacial score (nSPS) is 22.6. The number of hydrogen-bond donors (Lipinski definition) is 0. The summed E-state index contributed by atoms with van der Waals surface area (Å²) in [6, 6.07) is 7.57. The van der Waals surface area contributed by atoms with E-state index in [1.54, 1.807) is 7.11 Å². The Morgan fingerprint density at radius 2 is 2.00 bits per heavy atom. The van der Waals surface area contributed by atoms with Crippen LogP contribution in [0.3, 0.4) is 0 Å². The van der Waals surface area contributed by atoms with Gasteiger partial charge in [-0.25, -0.2) is 4.79 Å². The third kappa shape index (κ3) is 2.02. The van der Waals surface area contributed by atoms with E-state index in [2.05, 4.69) is 0 Å². The summed E-state index contributed by atoms with van der Waals surface area (Å²) >= 11 is 0. The molecule has 1 unspecified atom stereocenters. The molecule has 4 heteroatoms. The van der Waals surface area contributed by atoms with Crippen LogP contribution in [0.2, 0.25) is 0 Å². The lowest BCUT2D eigenvalue weighted by Gasteiger charge is -2.09. The number of esters is 1. The molecule has 1 aromatic rings. The molecule has 1 aliphatic rings. The fraction of sp³-hybridized carbons (Fsp3) is 0.417. The van der Waals surface area contributed by atoms with Crippen molar-refractivity contribution in [2.24, 2.45) is 0 Å². The highest BCUT2D eigenvalue weighted by atomic mass is 16.6. The van der Waals surface area contributed by atoms with Gasteiger partial charge in [-0.1, -0.05) is 12.1 Å². The van der Waals surface area contributed by atoms with Gasteiger partial charge in [0.05, 0.1) is 20.8 Å². The highest BCUT2D eigenvalue weighted by molar-refractivity contribution is 5.82. The molecule has 1 saturated heterocycles. The number of hydrogen-bond acceptors (Lipinski definition) is 4. The van der Waals surface area contributed by atoms with E-state index in [0.717, 1.165) is 11.3 Å². The molecule has 0 amide bonds. The summed E-state index contributed by atoms with van der Waals surface area (Å²) in [4.78, 5) is 11.5. The molecule has 0 aromatic heterocycles. The summed E-state index contributed by atoms with van der Waals surface area (Å²) in [7, 11) is 2.99. The first kappa shape index (κ1) is 11.0. The van der Waals surface area contributed by atoms with Crippen LogP contribution >= 0.6 is 0 Å². The largest absolute Gasteiger partial charge is 0.497 e. The third-order valence-electron chi connectivity index (χ3n) is 2.70. The maximum atomic E-state index is 11.5. The second-order valence-corrected chi connectivity index (χ2v) is 3.80. The Labute approximate surface area is 94.1 Å². The van der Waals surface area contributed by atoms with E-state index in [1.807, 2.05) is 24.3 Å². The lowest BCUT2D eigenvalue weighted by Crippen LogP contribution is -2.28. The average molecular weight is 222 g/mol. The van der Waals surface area contributed by atoms with Crippen molar-refractivity contribution in [2.45, 2.75) is 12.0 Å². The van der Waals surface area contributed by atoms with E-state index < -0.39 is 5.60 Å². The monoisotopic (exact) mass is 222 g/mol. The summed E-state index contributed by atoms with van der Waals surface area (Å²) in [6.45, 7) is 0.436. The first-order chi connectivity index (χ1) is 7.70. The SMILES string of the molecule is COC(=O)C1(Cc2ccc(OC)cc2)CO1. The minimum absolute atomic E-state index is 0.302. The van der Waals surface area contributed by atoms with Gasteiger partial charge in [0.25, 0.3) is 0 Å². The molecule has 0 bridgehead atoms. The van der Waals surface area contributed by atoms with Crippen LogP contribution in [0.5, 0.6) is 5.75 Å². The number of methoxy groups -OCH3 is 2. The topological polar surface area (TPSA) is 48.1 Å². The summed E-state index contributed by atoms with van der Waals surface area (Å²) < 4.78 is 15.0. The summed E-state index contributed by atoms with van der Waals surface area (Å²) in [5.74, 6) is 0.496.